The topological polar surface area (TPSA) is 115 Å². The van der Waals surface area contributed by atoms with Gasteiger partial charge in [0.15, 0.2) is 5.65 Å². The first-order valence-electron chi connectivity index (χ1n) is 12.9. The Kier molecular flexibility index (Phi) is 6.73. The van der Waals surface area contributed by atoms with E-state index in [0.29, 0.717) is 41.3 Å². The van der Waals surface area contributed by atoms with Crippen molar-refractivity contribution in [1.82, 2.24) is 20.1 Å². The van der Waals surface area contributed by atoms with E-state index < -0.39 is 11.4 Å². The SMILES string of the molecule is Cc1n[nH]c2nc(-c3ccc(O)cc3F)c(C#N)c(-c3ccc(C4CCN(C(=O)OC(C)(C)C)CC4)cc3)c12. The second kappa shape index (κ2) is 10.0. The third-order valence-corrected chi connectivity index (χ3v) is 7.03. The highest BCUT2D eigenvalue weighted by molar-refractivity contribution is 6.00. The summed E-state index contributed by atoms with van der Waals surface area (Å²) >= 11 is 0. The van der Waals surface area contributed by atoms with Crippen LogP contribution in [0.3, 0.4) is 0 Å². The highest BCUT2D eigenvalue weighted by Gasteiger charge is 2.28. The van der Waals surface area contributed by atoms with E-state index in [9.17, 15) is 19.6 Å². The van der Waals surface area contributed by atoms with Crippen molar-refractivity contribution in [2.75, 3.05) is 13.1 Å². The van der Waals surface area contributed by atoms with E-state index in [2.05, 4.69) is 21.3 Å². The van der Waals surface area contributed by atoms with E-state index in [0.717, 1.165) is 30.0 Å². The van der Waals surface area contributed by atoms with Gasteiger partial charge < -0.3 is 14.7 Å². The zero-order chi connectivity index (χ0) is 27.9. The number of carbonyl (C=O) groups excluding carboxylic acids is 1. The number of halogens is 1. The smallest absolute Gasteiger partial charge is 0.410 e. The summed E-state index contributed by atoms with van der Waals surface area (Å²) in [6.07, 6.45) is 1.37. The van der Waals surface area contributed by atoms with Crippen molar-refractivity contribution in [2.45, 2.75) is 52.1 Å². The van der Waals surface area contributed by atoms with Gasteiger partial charge in [-0.05, 0) is 69.7 Å². The number of piperidine rings is 1. The van der Waals surface area contributed by atoms with Crippen LogP contribution in [0.15, 0.2) is 42.5 Å². The molecule has 2 N–H and O–H groups in total. The molecule has 4 aromatic rings. The summed E-state index contributed by atoms with van der Waals surface area (Å²) < 4.78 is 20.4. The number of H-pyrrole nitrogens is 1. The zero-order valence-electron chi connectivity index (χ0n) is 22.4. The van der Waals surface area contributed by atoms with Gasteiger partial charge in [-0.2, -0.15) is 10.4 Å². The van der Waals surface area contributed by atoms with Crippen LogP contribution in [0, 0.1) is 24.1 Å². The van der Waals surface area contributed by atoms with Gasteiger partial charge in [0, 0.05) is 30.3 Å². The Morgan fingerprint density at radius 2 is 1.87 bits per heavy atom. The summed E-state index contributed by atoms with van der Waals surface area (Å²) in [5, 5.41) is 27.8. The largest absolute Gasteiger partial charge is 0.508 e. The van der Waals surface area contributed by atoms with Gasteiger partial charge >= 0.3 is 6.09 Å². The molecule has 1 aliphatic heterocycles. The number of aromatic nitrogens is 3. The number of nitrogens with one attached hydrogen (secondary N) is 1. The first-order chi connectivity index (χ1) is 18.6. The number of pyridine rings is 1. The van der Waals surface area contributed by atoms with Gasteiger partial charge in [0.2, 0.25) is 0 Å². The lowest BCUT2D eigenvalue weighted by atomic mass is 9.87. The van der Waals surface area contributed by atoms with Crippen molar-refractivity contribution in [3.63, 3.8) is 0 Å². The molecule has 1 amide bonds. The average molecular weight is 528 g/mol. The summed E-state index contributed by atoms with van der Waals surface area (Å²) in [6, 6.07) is 14.1. The van der Waals surface area contributed by atoms with Crippen LogP contribution < -0.4 is 0 Å². The van der Waals surface area contributed by atoms with Gasteiger partial charge in [0.25, 0.3) is 0 Å². The van der Waals surface area contributed by atoms with Crippen molar-refractivity contribution in [2.24, 2.45) is 0 Å². The molecule has 1 aliphatic rings. The van der Waals surface area contributed by atoms with Gasteiger partial charge in [-0.1, -0.05) is 24.3 Å². The molecule has 0 atom stereocenters. The number of amides is 1. The monoisotopic (exact) mass is 527 g/mol. The van der Waals surface area contributed by atoms with Gasteiger partial charge in [-0.3, -0.25) is 5.10 Å². The number of nitrogens with zero attached hydrogens (tertiary/aromatic N) is 4. The molecule has 200 valence electrons. The van der Waals surface area contributed by atoms with Crippen LogP contribution in [-0.4, -0.2) is 50.0 Å². The molecule has 9 heteroatoms. The van der Waals surface area contributed by atoms with E-state index in [4.69, 9.17) is 4.74 Å². The van der Waals surface area contributed by atoms with E-state index in [1.54, 1.807) is 4.90 Å². The van der Waals surface area contributed by atoms with E-state index in [1.165, 1.54) is 12.1 Å². The van der Waals surface area contributed by atoms with Crippen LogP contribution in [0.1, 0.15) is 56.4 Å². The molecular formula is C30H30FN5O3. The molecule has 1 saturated heterocycles. The fourth-order valence-electron chi connectivity index (χ4n) is 5.14. The molecule has 0 spiro atoms. The van der Waals surface area contributed by atoms with Gasteiger partial charge in [-0.15, -0.1) is 0 Å². The standard InChI is InChI=1S/C30H30FN5O3/c1-17-25-26(23(16-32)27(33-28(25)35-34-17)22-10-9-21(37)15-24(22)31)20-7-5-18(6-8-20)19-11-13-36(14-12-19)29(38)39-30(2,3)4/h5-10,15,19,37H,11-14H2,1-4H3,(H,33,34,35). The van der Waals surface area contributed by atoms with Crippen molar-refractivity contribution >= 4 is 17.1 Å². The molecule has 0 aliphatic carbocycles. The van der Waals surface area contributed by atoms with E-state index >= 15 is 0 Å². The summed E-state index contributed by atoms with van der Waals surface area (Å²) in [7, 11) is 0. The Morgan fingerprint density at radius 1 is 1.18 bits per heavy atom. The molecule has 3 heterocycles. The normalized spacial score (nSPS) is 14.4. The minimum absolute atomic E-state index is 0.119. The number of rotatable bonds is 3. The molecule has 0 bridgehead atoms. The fraction of sp³-hybridized carbons (Fsp3) is 0.333. The lowest BCUT2D eigenvalue weighted by Gasteiger charge is -2.33. The Hall–Kier alpha value is -4.45. The van der Waals surface area contributed by atoms with Crippen LogP contribution >= 0.6 is 0 Å². The summed E-state index contributed by atoms with van der Waals surface area (Å²) in [6.45, 7) is 8.67. The summed E-state index contributed by atoms with van der Waals surface area (Å²) in [4.78, 5) is 18.7. The molecule has 2 aromatic carbocycles. The zero-order valence-corrected chi connectivity index (χ0v) is 22.4. The minimum Gasteiger partial charge on any atom is -0.508 e. The Morgan fingerprint density at radius 3 is 2.49 bits per heavy atom. The summed E-state index contributed by atoms with van der Waals surface area (Å²) in [5.41, 5.74) is 3.71. The number of hydrogen-bond acceptors (Lipinski definition) is 6. The maximum absolute atomic E-state index is 14.8. The molecular weight excluding hydrogens is 497 g/mol. The molecule has 5 rings (SSSR count). The Bertz CT molecular complexity index is 1590. The quantitative estimate of drug-likeness (QED) is 0.317. The number of benzene rings is 2. The molecule has 8 nitrogen and oxygen atoms in total. The van der Waals surface area contributed by atoms with Crippen molar-refractivity contribution < 1.29 is 19.0 Å². The van der Waals surface area contributed by atoms with E-state index in [1.807, 2.05) is 52.0 Å². The third kappa shape index (κ3) is 5.15. The molecule has 1 fully saturated rings. The Balaban J connectivity index is 1.48. The fourth-order valence-corrected chi connectivity index (χ4v) is 5.14. The number of phenols is 1. The van der Waals surface area contributed by atoms with Crippen LogP contribution in [0.2, 0.25) is 0 Å². The van der Waals surface area contributed by atoms with Gasteiger partial charge in [0.1, 0.15) is 23.2 Å². The minimum atomic E-state index is -0.673. The number of carbonyl (C=O) groups is 1. The van der Waals surface area contributed by atoms with Crippen molar-refractivity contribution in [3.05, 3.63) is 65.1 Å². The number of ether oxygens (including phenoxy) is 1. The van der Waals surface area contributed by atoms with Gasteiger partial charge in [-0.25, -0.2) is 14.2 Å². The first-order valence-corrected chi connectivity index (χ1v) is 12.9. The highest BCUT2D eigenvalue weighted by Crippen LogP contribution is 2.39. The predicted octanol–water partition coefficient (Wildman–Crippen LogP) is 6.43. The van der Waals surface area contributed by atoms with Crippen LogP contribution in [0.5, 0.6) is 5.75 Å². The highest BCUT2D eigenvalue weighted by atomic mass is 19.1. The van der Waals surface area contributed by atoms with E-state index in [-0.39, 0.29) is 28.7 Å². The molecule has 0 radical (unpaired) electrons. The first kappa shape index (κ1) is 26.2. The number of phenolic OH excluding ortho intramolecular Hbond substituents is 1. The maximum atomic E-state index is 14.8. The number of likely N-dealkylation sites (tertiary alicyclic amines) is 1. The lowest BCUT2D eigenvalue weighted by molar-refractivity contribution is 0.0205. The second-order valence-electron chi connectivity index (χ2n) is 10.9. The lowest BCUT2D eigenvalue weighted by Crippen LogP contribution is -2.41. The number of aryl methyl sites for hydroxylation is 1. The maximum Gasteiger partial charge on any atom is 0.410 e. The van der Waals surface area contributed by atoms with Crippen LogP contribution in [0.4, 0.5) is 9.18 Å². The number of hydrogen-bond donors (Lipinski definition) is 2. The predicted molar refractivity (Wildman–Crippen MR) is 146 cm³/mol. The molecule has 2 aromatic heterocycles. The molecule has 39 heavy (non-hydrogen) atoms. The van der Waals surface area contributed by atoms with Crippen molar-refractivity contribution in [1.29, 1.82) is 5.26 Å². The van der Waals surface area contributed by atoms with Crippen LogP contribution in [0.25, 0.3) is 33.4 Å². The van der Waals surface area contributed by atoms with Crippen LogP contribution in [-0.2, 0) is 4.74 Å². The van der Waals surface area contributed by atoms with Gasteiger partial charge in [0.05, 0.1) is 22.3 Å². The van der Waals surface area contributed by atoms with Crippen molar-refractivity contribution in [3.8, 4) is 34.2 Å². The molecule has 0 saturated carbocycles. The summed E-state index contributed by atoms with van der Waals surface area (Å²) in [5.74, 6) is -0.586. The third-order valence-electron chi connectivity index (χ3n) is 7.03. The average Bonchev–Trinajstić information content (AvgIpc) is 3.27. The Labute approximate surface area is 226 Å². The number of fused-ring (bicyclic) bond motifs is 1. The second-order valence-corrected chi connectivity index (χ2v) is 10.9. The number of aromatic hydroxyl groups is 1. The molecule has 0 unspecified atom stereocenters. The number of aromatic amines is 1. The number of nitriles is 1.